The summed E-state index contributed by atoms with van der Waals surface area (Å²) in [6.45, 7) is 6.26. The first-order chi connectivity index (χ1) is 11.6. The number of rotatable bonds is 3. The lowest BCUT2D eigenvalue weighted by Crippen LogP contribution is -2.47. The third-order valence-electron chi connectivity index (χ3n) is 4.89. The number of carbonyl (C=O) groups is 1. The highest BCUT2D eigenvalue weighted by Gasteiger charge is 2.25. The van der Waals surface area contributed by atoms with Gasteiger partial charge in [0.1, 0.15) is 0 Å². The molecule has 0 spiro atoms. The minimum Gasteiger partial charge on any atom is -0.378 e. The minimum atomic E-state index is 0.0756. The number of benzene rings is 1. The highest BCUT2D eigenvalue weighted by Crippen LogP contribution is 2.19. The average molecular weight is 329 g/mol. The van der Waals surface area contributed by atoms with Gasteiger partial charge >= 0.3 is 0 Å². The van der Waals surface area contributed by atoms with E-state index in [1.54, 1.807) is 6.08 Å². The highest BCUT2D eigenvalue weighted by molar-refractivity contribution is 5.92. The summed E-state index contributed by atoms with van der Waals surface area (Å²) in [7, 11) is 0. The number of morpholine rings is 1. The Bertz CT molecular complexity index is 579. The molecule has 0 radical (unpaired) electrons. The molecule has 3 rings (SSSR count). The molecule has 24 heavy (non-hydrogen) atoms. The summed E-state index contributed by atoms with van der Waals surface area (Å²) in [5.74, 6) is 0.0756. The summed E-state index contributed by atoms with van der Waals surface area (Å²) in [5, 5.41) is 0. The maximum atomic E-state index is 12.4. The van der Waals surface area contributed by atoms with Gasteiger partial charge in [0, 0.05) is 43.5 Å². The van der Waals surface area contributed by atoms with E-state index in [1.165, 1.54) is 5.69 Å². The number of nitrogens with zero attached hydrogens (tertiary/aromatic N) is 2. The number of hydrogen-bond acceptors (Lipinski definition) is 4. The predicted molar refractivity (Wildman–Crippen MR) is 96.9 cm³/mol. The molecule has 2 aliphatic rings. The van der Waals surface area contributed by atoms with Gasteiger partial charge in [-0.05, 0) is 43.5 Å². The summed E-state index contributed by atoms with van der Waals surface area (Å²) in [6, 6.07) is 8.78. The fraction of sp³-hybridized carbons (Fsp3) is 0.526. The normalized spacial score (nSPS) is 25.2. The van der Waals surface area contributed by atoms with Gasteiger partial charge in [-0.2, -0.15) is 0 Å². The van der Waals surface area contributed by atoms with Crippen LogP contribution in [-0.2, 0) is 9.53 Å². The van der Waals surface area contributed by atoms with Crippen molar-refractivity contribution >= 4 is 17.7 Å². The number of carbonyl (C=O) groups excluding carboxylic acids is 1. The molecule has 2 heterocycles. The number of nitrogens with two attached hydrogens (primary N) is 1. The van der Waals surface area contributed by atoms with Crippen molar-refractivity contribution in [2.75, 3.05) is 37.7 Å². The molecule has 1 aromatic carbocycles. The maximum absolute atomic E-state index is 12.4. The van der Waals surface area contributed by atoms with E-state index in [4.69, 9.17) is 10.5 Å². The van der Waals surface area contributed by atoms with Gasteiger partial charge < -0.3 is 20.3 Å². The first-order valence-electron chi connectivity index (χ1n) is 8.80. The van der Waals surface area contributed by atoms with Crippen LogP contribution in [0.2, 0.25) is 0 Å². The van der Waals surface area contributed by atoms with Gasteiger partial charge in [-0.1, -0.05) is 12.1 Å². The molecule has 1 amide bonds. The van der Waals surface area contributed by atoms with Gasteiger partial charge in [-0.3, -0.25) is 4.79 Å². The number of ether oxygens (including phenoxy) is 1. The molecule has 1 aromatic rings. The van der Waals surface area contributed by atoms with Crippen molar-refractivity contribution < 1.29 is 9.53 Å². The monoisotopic (exact) mass is 329 g/mol. The van der Waals surface area contributed by atoms with Crippen molar-refractivity contribution in [2.45, 2.75) is 31.8 Å². The van der Waals surface area contributed by atoms with Crippen molar-refractivity contribution in [3.05, 3.63) is 35.9 Å². The number of hydrogen-bond donors (Lipinski definition) is 1. The summed E-state index contributed by atoms with van der Waals surface area (Å²) >= 11 is 0. The van der Waals surface area contributed by atoms with Crippen LogP contribution in [0, 0.1) is 0 Å². The predicted octanol–water partition coefficient (Wildman–Crippen LogP) is 1.87. The number of piperidine rings is 1. The van der Waals surface area contributed by atoms with Crippen LogP contribution in [0.5, 0.6) is 0 Å². The zero-order valence-electron chi connectivity index (χ0n) is 14.4. The molecule has 2 N–H and O–H groups in total. The van der Waals surface area contributed by atoms with Crippen molar-refractivity contribution in [1.29, 1.82) is 0 Å². The Balaban J connectivity index is 1.58. The van der Waals surface area contributed by atoms with E-state index in [2.05, 4.69) is 36.1 Å². The number of anilines is 1. The molecule has 2 atom stereocenters. The second-order valence-electron chi connectivity index (χ2n) is 6.69. The zero-order valence-corrected chi connectivity index (χ0v) is 14.4. The van der Waals surface area contributed by atoms with Crippen LogP contribution in [0.3, 0.4) is 0 Å². The summed E-state index contributed by atoms with van der Waals surface area (Å²) in [4.78, 5) is 16.6. The van der Waals surface area contributed by atoms with E-state index >= 15 is 0 Å². The van der Waals surface area contributed by atoms with Gasteiger partial charge in [-0.25, -0.2) is 0 Å². The molecule has 2 saturated heterocycles. The van der Waals surface area contributed by atoms with Gasteiger partial charge in [-0.15, -0.1) is 0 Å². The van der Waals surface area contributed by atoms with E-state index in [0.717, 1.165) is 51.3 Å². The first-order valence-corrected chi connectivity index (χ1v) is 8.80. The molecule has 2 unspecified atom stereocenters. The minimum absolute atomic E-state index is 0.0756. The highest BCUT2D eigenvalue weighted by atomic mass is 16.5. The molecule has 2 fully saturated rings. The van der Waals surface area contributed by atoms with Crippen molar-refractivity contribution in [1.82, 2.24) is 4.90 Å². The second kappa shape index (κ2) is 7.81. The molecule has 0 aromatic heterocycles. The summed E-state index contributed by atoms with van der Waals surface area (Å²) < 4.78 is 5.38. The Morgan fingerprint density at radius 2 is 1.92 bits per heavy atom. The Morgan fingerprint density at radius 1 is 1.21 bits per heavy atom. The van der Waals surface area contributed by atoms with Gasteiger partial charge in [0.25, 0.3) is 0 Å². The topological polar surface area (TPSA) is 58.8 Å². The first kappa shape index (κ1) is 17.0. The van der Waals surface area contributed by atoms with Crippen LogP contribution in [0.15, 0.2) is 30.3 Å². The van der Waals surface area contributed by atoms with Gasteiger partial charge in [0.15, 0.2) is 0 Å². The van der Waals surface area contributed by atoms with E-state index in [-0.39, 0.29) is 18.0 Å². The lowest BCUT2D eigenvalue weighted by Gasteiger charge is -2.35. The Labute approximate surface area is 144 Å². The molecular formula is C19H27N3O2. The fourth-order valence-electron chi connectivity index (χ4n) is 3.42. The second-order valence-corrected chi connectivity index (χ2v) is 6.69. The Morgan fingerprint density at radius 3 is 2.58 bits per heavy atom. The van der Waals surface area contributed by atoms with Crippen molar-refractivity contribution in [3.63, 3.8) is 0 Å². The molecule has 2 aliphatic heterocycles. The Hall–Kier alpha value is -1.85. The average Bonchev–Trinajstić information content (AvgIpc) is 2.61. The van der Waals surface area contributed by atoms with E-state index in [9.17, 15) is 4.79 Å². The lowest BCUT2D eigenvalue weighted by molar-refractivity contribution is -0.129. The molecule has 5 heteroatoms. The number of likely N-dealkylation sites (tertiary alicyclic amines) is 1. The van der Waals surface area contributed by atoms with E-state index in [0.29, 0.717) is 0 Å². The Kier molecular flexibility index (Phi) is 5.53. The summed E-state index contributed by atoms with van der Waals surface area (Å²) in [5.41, 5.74) is 8.21. The van der Waals surface area contributed by atoms with E-state index in [1.807, 2.05) is 11.0 Å². The van der Waals surface area contributed by atoms with Gasteiger partial charge in [0.05, 0.1) is 13.2 Å². The van der Waals surface area contributed by atoms with Crippen LogP contribution in [-0.4, -0.2) is 55.7 Å². The largest absolute Gasteiger partial charge is 0.378 e. The smallest absolute Gasteiger partial charge is 0.246 e. The van der Waals surface area contributed by atoms with Crippen LogP contribution in [0.25, 0.3) is 6.08 Å². The third kappa shape index (κ3) is 4.16. The van der Waals surface area contributed by atoms with Gasteiger partial charge in [0.2, 0.25) is 5.91 Å². The number of amides is 1. The fourth-order valence-corrected chi connectivity index (χ4v) is 3.42. The van der Waals surface area contributed by atoms with Crippen LogP contribution in [0.4, 0.5) is 5.69 Å². The molecular weight excluding hydrogens is 302 g/mol. The quantitative estimate of drug-likeness (QED) is 0.860. The van der Waals surface area contributed by atoms with E-state index < -0.39 is 0 Å². The maximum Gasteiger partial charge on any atom is 0.246 e. The summed E-state index contributed by atoms with van der Waals surface area (Å²) in [6.07, 6.45) is 5.34. The zero-order chi connectivity index (χ0) is 16.9. The SMILES string of the molecule is CC1CC(N)CCN1C(=O)/C=C/c1ccc(N2CCOCC2)cc1. The molecule has 0 bridgehead atoms. The van der Waals surface area contributed by atoms with Crippen molar-refractivity contribution in [3.8, 4) is 0 Å². The third-order valence-corrected chi connectivity index (χ3v) is 4.89. The van der Waals surface area contributed by atoms with Crippen LogP contribution < -0.4 is 10.6 Å². The van der Waals surface area contributed by atoms with Crippen LogP contribution >= 0.6 is 0 Å². The standard InChI is InChI=1S/C19H27N3O2/c1-15-14-17(20)8-9-22(15)19(23)7-4-16-2-5-18(6-3-16)21-10-12-24-13-11-21/h2-7,15,17H,8-14,20H2,1H3/b7-4+. The van der Waals surface area contributed by atoms with Crippen LogP contribution in [0.1, 0.15) is 25.3 Å². The lowest BCUT2D eigenvalue weighted by atomic mass is 9.99. The molecule has 0 aliphatic carbocycles. The molecule has 5 nitrogen and oxygen atoms in total. The molecule has 130 valence electrons. The van der Waals surface area contributed by atoms with Crippen molar-refractivity contribution in [2.24, 2.45) is 5.73 Å². The molecule has 0 saturated carbocycles.